The van der Waals surface area contributed by atoms with Crippen molar-refractivity contribution >= 4 is 5.97 Å². The summed E-state index contributed by atoms with van der Waals surface area (Å²) < 4.78 is 4.92. The van der Waals surface area contributed by atoms with Crippen LogP contribution < -0.4 is 0 Å². The highest BCUT2D eigenvalue weighted by Gasteiger charge is 2.49. The minimum Gasteiger partial charge on any atom is -0.468 e. The van der Waals surface area contributed by atoms with Crippen LogP contribution in [0.25, 0.3) is 11.3 Å². The Labute approximate surface area is 111 Å². The number of hydrogen-bond acceptors (Lipinski definition) is 4. The van der Waals surface area contributed by atoms with Gasteiger partial charge in [0, 0.05) is 18.0 Å². The Morgan fingerprint density at radius 1 is 1.37 bits per heavy atom. The minimum atomic E-state index is -0.569. The lowest BCUT2D eigenvalue weighted by Crippen LogP contribution is -2.44. The number of ether oxygens (including phenoxy) is 1. The number of carbonyl (C=O) groups excluding carboxylic acids is 1. The zero-order chi connectivity index (χ0) is 13.3. The zero-order valence-electron chi connectivity index (χ0n) is 10.7. The van der Waals surface area contributed by atoms with Gasteiger partial charge in [0.05, 0.1) is 19.0 Å². The van der Waals surface area contributed by atoms with Gasteiger partial charge < -0.3 is 9.72 Å². The third-order valence-electron chi connectivity index (χ3n) is 3.80. The first kappa shape index (κ1) is 11.9. The Morgan fingerprint density at radius 2 is 2.11 bits per heavy atom. The standard InChI is InChI=1S/C14H15N3O2/c1-19-13(18)14(5-2-6-14)12-16-9-11(17-12)10-3-7-15-8-4-10/h3-4,7-9H,2,5-6H2,1H3,(H,16,17). The quantitative estimate of drug-likeness (QED) is 0.855. The Kier molecular flexibility index (Phi) is 2.81. The molecule has 1 aliphatic rings. The van der Waals surface area contributed by atoms with E-state index in [0.717, 1.165) is 30.5 Å². The van der Waals surface area contributed by atoms with Crippen LogP contribution in [-0.2, 0) is 14.9 Å². The number of carbonyl (C=O) groups is 1. The molecule has 5 nitrogen and oxygen atoms in total. The third kappa shape index (κ3) is 1.82. The fourth-order valence-electron chi connectivity index (χ4n) is 2.51. The van der Waals surface area contributed by atoms with E-state index in [0.29, 0.717) is 5.82 Å². The van der Waals surface area contributed by atoms with E-state index in [2.05, 4.69) is 15.0 Å². The van der Waals surface area contributed by atoms with Crippen LogP contribution in [0.5, 0.6) is 0 Å². The summed E-state index contributed by atoms with van der Waals surface area (Å²) >= 11 is 0. The number of pyridine rings is 1. The van der Waals surface area contributed by atoms with Crippen molar-refractivity contribution in [2.24, 2.45) is 0 Å². The Hall–Kier alpha value is -2.17. The van der Waals surface area contributed by atoms with Gasteiger partial charge in [-0.25, -0.2) is 4.98 Å². The van der Waals surface area contributed by atoms with Gasteiger partial charge in [-0.05, 0) is 25.0 Å². The van der Waals surface area contributed by atoms with E-state index in [1.165, 1.54) is 7.11 Å². The molecule has 2 aromatic rings. The third-order valence-corrected chi connectivity index (χ3v) is 3.80. The van der Waals surface area contributed by atoms with Crippen LogP contribution in [0.15, 0.2) is 30.7 Å². The molecule has 0 amide bonds. The summed E-state index contributed by atoms with van der Waals surface area (Å²) in [6.07, 6.45) is 7.84. The lowest BCUT2D eigenvalue weighted by Gasteiger charge is -2.36. The second kappa shape index (κ2) is 4.50. The van der Waals surface area contributed by atoms with Gasteiger partial charge in [0.15, 0.2) is 0 Å². The molecule has 0 atom stereocenters. The molecule has 0 bridgehead atoms. The van der Waals surface area contributed by atoms with Gasteiger partial charge >= 0.3 is 5.97 Å². The number of methoxy groups -OCH3 is 1. The molecule has 2 aromatic heterocycles. The van der Waals surface area contributed by atoms with Crippen LogP contribution >= 0.6 is 0 Å². The molecule has 3 rings (SSSR count). The highest BCUT2D eigenvalue weighted by atomic mass is 16.5. The molecule has 1 fully saturated rings. The van der Waals surface area contributed by atoms with Crippen molar-refractivity contribution < 1.29 is 9.53 Å². The van der Waals surface area contributed by atoms with Crippen LogP contribution in [0.1, 0.15) is 25.1 Å². The maximum absolute atomic E-state index is 12.0. The first-order valence-electron chi connectivity index (χ1n) is 6.30. The minimum absolute atomic E-state index is 0.200. The van der Waals surface area contributed by atoms with Gasteiger partial charge in [-0.3, -0.25) is 9.78 Å². The normalized spacial score (nSPS) is 16.7. The summed E-state index contributed by atoms with van der Waals surface area (Å²) in [5.41, 5.74) is 1.33. The van der Waals surface area contributed by atoms with E-state index >= 15 is 0 Å². The molecule has 0 spiro atoms. The molecule has 0 aliphatic heterocycles. The van der Waals surface area contributed by atoms with Crippen LogP contribution in [0.3, 0.4) is 0 Å². The summed E-state index contributed by atoms with van der Waals surface area (Å²) in [5, 5.41) is 0. The maximum atomic E-state index is 12.0. The molecular weight excluding hydrogens is 242 g/mol. The number of nitrogens with one attached hydrogen (secondary N) is 1. The Balaban J connectivity index is 1.95. The number of aromatic amines is 1. The molecule has 2 heterocycles. The molecule has 1 aliphatic carbocycles. The van der Waals surface area contributed by atoms with Crippen molar-refractivity contribution in [3.63, 3.8) is 0 Å². The average Bonchev–Trinajstić information content (AvgIpc) is 2.88. The highest BCUT2D eigenvalue weighted by molar-refractivity contribution is 5.83. The lowest BCUT2D eigenvalue weighted by atomic mass is 9.68. The molecule has 19 heavy (non-hydrogen) atoms. The largest absolute Gasteiger partial charge is 0.468 e. The Morgan fingerprint density at radius 3 is 2.68 bits per heavy atom. The zero-order valence-corrected chi connectivity index (χ0v) is 10.7. The Bertz CT molecular complexity index is 588. The monoisotopic (exact) mass is 257 g/mol. The number of hydrogen-bond donors (Lipinski definition) is 1. The number of H-pyrrole nitrogens is 1. The van der Waals surface area contributed by atoms with Crippen LogP contribution in [0, 0.1) is 0 Å². The van der Waals surface area contributed by atoms with Crippen molar-refractivity contribution in [2.75, 3.05) is 7.11 Å². The number of esters is 1. The predicted molar refractivity (Wildman–Crippen MR) is 69.4 cm³/mol. The highest BCUT2D eigenvalue weighted by Crippen LogP contribution is 2.43. The van der Waals surface area contributed by atoms with E-state index in [9.17, 15) is 4.79 Å². The van der Waals surface area contributed by atoms with Crippen molar-refractivity contribution in [3.8, 4) is 11.3 Å². The van der Waals surface area contributed by atoms with Gasteiger partial charge in [0.25, 0.3) is 0 Å². The topological polar surface area (TPSA) is 67.9 Å². The summed E-state index contributed by atoms with van der Waals surface area (Å²) in [7, 11) is 1.43. The fourth-order valence-corrected chi connectivity index (χ4v) is 2.51. The molecule has 5 heteroatoms. The molecule has 1 saturated carbocycles. The lowest BCUT2D eigenvalue weighted by molar-refractivity contribution is -0.151. The van der Waals surface area contributed by atoms with Gasteiger partial charge in [-0.15, -0.1) is 0 Å². The van der Waals surface area contributed by atoms with Gasteiger partial charge in [0.1, 0.15) is 11.2 Å². The molecule has 98 valence electrons. The number of imidazole rings is 1. The van der Waals surface area contributed by atoms with Crippen LogP contribution in [-0.4, -0.2) is 28.0 Å². The first-order chi connectivity index (χ1) is 9.26. The molecule has 0 unspecified atom stereocenters. The van der Waals surface area contributed by atoms with Gasteiger partial charge in [-0.1, -0.05) is 6.42 Å². The van der Waals surface area contributed by atoms with Crippen molar-refractivity contribution in [2.45, 2.75) is 24.7 Å². The van der Waals surface area contributed by atoms with Gasteiger partial charge in [0.2, 0.25) is 0 Å². The van der Waals surface area contributed by atoms with E-state index in [-0.39, 0.29) is 5.97 Å². The van der Waals surface area contributed by atoms with Crippen molar-refractivity contribution in [3.05, 3.63) is 36.5 Å². The molecule has 0 saturated heterocycles. The van der Waals surface area contributed by atoms with E-state index in [1.54, 1.807) is 18.6 Å². The molecule has 0 radical (unpaired) electrons. The number of nitrogens with zero attached hydrogens (tertiary/aromatic N) is 2. The summed E-state index contributed by atoms with van der Waals surface area (Å²) in [5.74, 6) is 0.506. The maximum Gasteiger partial charge on any atom is 0.319 e. The van der Waals surface area contributed by atoms with E-state index in [4.69, 9.17) is 4.74 Å². The second-order valence-electron chi connectivity index (χ2n) is 4.81. The number of aromatic nitrogens is 3. The van der Waals surface area contributed by atoms with Crippen LogP contribution in [0.4, 0.5) is 0 Å². The average molecular weight is 257 g/mol. The van der Waals surface area contributed by atoms with Crippen LogP contribution in [0.2, 0.25) is 0 Å². The molecule has 1 N–H and O–H groups in total. The van der Waals surface area contributed by atoms with Gasteiger partial charge in [-0.2, -0.15) is 0 Å². The predicted octanol–water partition coefficient (Wildman–Crippen LogP) is 2.07. The second-order valence-corrected chi connectivity index (χ2v) is 4.81. The summed E-state index contributed by atoms with van der Waals surface area (Å²) in [6.45, 7) is 0. The SMILES string of the molecule is COC(=O)C1(c2ncc(-c3ccncc3)[nH]2)CCC1. The van der Waals surface area contributed by atoms with Crippen molar-refractivity contribution in [1.29, 1.82) is 0 Å². The summed E-state index contributed by atoms with van der Waals surface area (Å²) in [4.78, 5) is 23.6. The molecule has 0 aromatic carbocycles. The smallest absolute Gasteiger partial charge is 0.319 e. The summed E-state index contributed by atoms with van der Waals surface area (Å²) in [6, 6.07) is 3.81. The van der Waals surface area contributed by atoms with E-state index < -0.39 is 5.41 Å². The molecular formula is C14H15N3O2. The fraction of sp³-hybridized carbons (Fsp3) is 0.357. The first-order valence-corrected chi connectivity index (χ1v) is 6.30. The van der Waals surface area contributed by atoms with Crippen molar-refractivity contribution in [1.82, 2.24) is 15.0 Å². The number of rotatable bonds is 3. The van der Waals surface area contributed by atoms with E-state index in [1.807, 2.05) is 12.1 Å².